The minimum absolute atomic E-state index is 0.00642. The number of carbonyl (C=O) groups is 3. The van der Waals surface area contributed by atoms with Crippen LogP contribution in [0, 0.1) is 9.39 Å². The third kappa shape index (κ3) is 5.34. The molecule has 198 valence electrons. The topological polar surface area (TPSA) is 90.9 Å². The minimum atomic E-state index is -0.516. The molecule has 1 aliphatic heterocycles. The van der Waals surface area contributed by atoms with Crippen molar-refractivity contribution in [3.63, 3.8) is 0 Å². The van der Waals surface area contributed by atoms with E-state index in [2.05, 4.69) is 27.9 Å². The minimum Gasteiger partial charge on any atom is -0.490 e. The molecule has 0 bridgehead atoms. The molecule has 1 amide bonds. The molecule has 0 unspecified atom stereocenters. The molecule has 2 aliphatic carbocycles. The van der Waals surface area contributed by atoms with Crippen LogP contribution in [-0.4, -0.2) is 30.7 Å². The van der Waals surface area contributed by atoms with E-state index in [9.17, 15) is 18.8 Å². The molecule has 38 heavy (non-hydrogen) atoms. The molecule has 0 saturated carbocycles. The summed E-state index contributed by atoms with van der Waals surface area (Å²) in [5, 5.41) is 2.67. The summed E-state index contributed by atoms with van der Waals surface area (Å²) in [5.41, 5.74) is 2.35. The average Bonchev–Trinajstić information content (AvgIpc) is 2.89. The molecule has 0 spiro atoms. The third-order valence-corrected chi connectivity index (χ3v) is 7.58. The van der Waals surface area contributed by atoms with Gasteiger partial charge in [0, 0.05) is 48.4 Å². The number of carbonyl (C=O) groups excluding carboxylic acids is 3. The molecule has 5 rings (SSSR count). The first-order valence-electron chi connectivity index (χ1n) is 12.7. The molecular weight excluding hydrogens is 604 g/mol. The van der Waals surface area contributed by atoms with Gasteiger partial charge in [0.15, 0.2) is 29.7 Å². The van der Waals surface area contributed by atoms with Crippen molar-refractivity contribution in [2.45, 2.75) is 51.4 Å². The van der Waals surface area contributed by atoms with Crippen LogP contribution in [0.5, 0.6) is 11.5 Å². The second kappa shape index (κ2) is 11.3. The Morgan fingerprint density at radius 3 is 2.24 bits per heavy atom. The van der Waals surface area contributed by atoms with E-state index < -0.39 is 17.6 Å². The van der Waals surface area contributed by atoms with E-state index in [4.69, 9.17) is 14.2 Å². The van der Waals surface area contributed by atoms with Gasteiger partial charge in [-0.3, -0.25) is 14.4 Å². The van der Waals surface area contributed by atoms with Gasteiger partial charge >= 0.3 is 0 Å². The fourth-order valence-electron chi connectivity index (χ4n) is 5.18. The number of Topliss-reactive ketones (excluding diaryl/α,β-unsaturated/α-hetero) is 2. The SMILES string of the molecule is CCOc1cc(C2C3=C(CCCC3=O)OC3=C2C(=O)CCC3)cc(I)c1OCC(=O)Nc1ccc(F)cc1. The van der Waals surface area contributed by atoms with Crippen molar-refractivity contribution in [2.75, 3.05) is 18.5 Å². The molecule has 0 radical (unpaired) electrons. The number of hydrogen-bond acceptors (Lipinski definition) is 6. The summed E-state index contributed by atoms with van der Waals surface area (Å²) in [4.78, 5) is 38.7. The third-order valence-electron chi connectivity index (χ3n) is 6.78. The number of rotatable bonds is 7. The molecule has 0 saturated heterocycles. The van der Waals surface area contributed by atoms with Crippen molar-refractivity contribution < 1.29 is 33.0 Å². The Hall–Kier alpha value is -3.21. The molecular formula is C29H27FINO6. The Morgan fingerprint density at radius 1 is 1.00 bits per heavy atom. The number of hydrogen-bond donors (Lipinski definition) is 1. The van der Waals surface area contributed by atoms with Gasteiger partial charge in [-0.25, -0.2) is 4.39 Å². The highest BCUT2D eigenvalue weighted by Gasteiger charge is 2.42. The van der Waals surface area contributed by atoms with Crippen molar-refractivity contribution >= 4 is 45.8 Å². The summed E-state index contributed by atoms with van der Waals surface area (Å²) in [6.07, 6.45) is 3.65. The number of anilines is 1. The van der Waals surface area contributed by atoms with Crippen molar-refractivity contribution in [1.29, 1.82) is 0 Å². The standard InChI is InChI=1S/C29H27FINO6/c1-2-36-24-14-16(13-19(31)29(24)37-15-25(35)32-18-11-9-17(30)10-12-18)26-27-20(33)5-3-7-22(27)38-23-8-4-6-21(34)28(23)26/h9-14,26H,2-8,15H2,1H3,(H,32,35). The lowest BCUT2D eigenvalue weighted by Crippen LogP contribution is -2.30. The molecule has 0 fully saturated rings. The summed E-state index contributed by atoms with van der Waals surface area (Å²) < 4.78 is 31.7. The zero-order chi connectivity index (χ0) is 26.8. The molecule has 7 nitrogen and oxygen atoms in total. The van der Waals surface area contributed by atoms with Crippen LogP contribution in [0.3, 0.4) is 0 Å². The van der Waals surface area contributed by atoms with Gasteiger partial charge in [0.1, 0.15) is 17.3 Å². The lowest BCUT2D eigenvalue weighted by Gasteiger charge is -2.36. The first kappa shape index (κ1) is 26.4. The maximum atomic E-state index is 13.1. The van der Waals surface area contributed by atoms with E-state index in [0.29, 0.717) is 75.7 Å². The molecule has 1 N–H and O–H groups in total. The summed E-state index contributed by atoms with van der Waals surface area (Å²) in [6.45, 7) is 1.91. The van der Waals surface area contributed by atoms with Gasteiger partial charge in [-0.15, -0.1) is 0 Å². The van der Waals surface area contributed by atoms with Crippen LogP contribution in [0.15, 0.2) is 59.1 Å². The van der Waals surface area contributed by atoms with Crippen molar-refractivity contribution in [3.05, 3.63) is 74.0 Å². The predicted octanol–water partition coefficient (Wildman–Crippen LogP) is 5.97. The molecule has 3 aliphatic rings. The zero-order valence-corrected chi connectivity index (χ0v) is 23.1. The molecule has 0 atom stereocenters. The number of ether oxygens (including phenoxy) is 3. The van der Waals surface area contributed by atoms with Crippen molar-refractivity contribution in [1.82, 2.24) is 0 Å². The number of benzene rings is 2. The molecule has 1 heterocycles. The summed E-state index contributed by atoms with van der Waals surface area (Å²) >= 11 is 2.12. The van der Waals surface area contributed by atoms with Crippen LogP contribution in [0.4, 0.5) is 10.1 Å². The number of nitrogens with one attached hydrogen (secondary N) is 1. The fraction of sp³-hybridized carbons (Fsp3) is 0.345. The summed E-state index contributed by atoms with van der Waals surface area (Å²) in [5.74, 6) is 0.855. The fourth-order valence-corrected chi connectivity index (χ4v) is 5.96. The van der Waals surface area contributed by atoms with Gasteiger partial charge < -0.3 is 19.5 Å². The predicted molar refractivity (Wildman–Crippen MR) is 146 cm³/mol. The lowest BCUT2D eigenvalue weighted by molar-refractivity contribution is -0.119. The smallest absolute Gasteiger partial charge is 0.262 e. The van der Waals surface area contributed by atoms with Crippen LogP contribution >= 0.6 is 22.6 Å². The first-order chi connectivity index (χ1) is 18.4. The van der Waals surface area contributed by atoms with Gasteiger partial charge in [0.05, 0.1) is 10.2 Å². The van der Waals surface area contributed by atoms with E-state index in [1.54, 1.807) is 6.07 Å². The summed E-state index contributed by atoms with van der Waals surface area (Å²) in [6, 6.07) is 9.14. The van der Waals surface area contributed by atoms with Crippen LogP contribution in [0.25, 0.3) is 0 Å². The Labute approximate surface area is 233 Å². The maximum Gasteiger partial charge on any atom is 0.262 e. The highest BCUT2D eigenvalue weighted by Crippen LogP contribution is 2.49. The van der Waals surface area contributed by atoms with Crippen LogP contribution in [0.2, 0.25) is 0 Å². The molecule has 2 aromatic rings. The van der Waals surface area contributed by atoms with E-state index in [0.717, 1.165) is 18.4 Å². The largest absolute Gasteiger partial charge is 0.490 e. The Balaban J connectivity index is 1.47. The number of halogens is 2. The first-order valence-corrected chi connectivity index (χ1v) is 13.8. The van der Waals surface area contributed by atoms with Gasteiger partial charge in [-0.2, -0.15) is 0 Å². The van der Waals surface area contributed by atoms with Crippen molar-refractivity contribution in [3.8, 4) is 11.5 Å². The zero-order valence-electron chi connectivity index (χ0n) is 20.9. The van der Waals surface area contributed by atoms with E-state index in [1.165, 1.54) is 24.3 Å². The van der Waals surface area contributed by atoms with Crippen LogP contribution in [-0.2, 0) is 19.1 Å². The van der Waals surface area contributed by atoms with E-state index >= 15 is 0 Å². The molecule has 2 aromatic carbocycles. The number of ketones is 2. The van der Waals surface area contributed by atoms with E-state index in [1.807, 2.05) is 13.0 Å². The van der Waals surface area contributed by atoms with Gasteiger partial charge in [0.2, 0.25) is 0 Å². The summed E-state index contributed by atoms with van der Waals surface area (Å²) in [7, 11) is 0. The Bertz CT molecular complexity index is 1320. The van der Waals surface area contributed by atoms with E-state index in [-0.39, 0.29) is 18.2 Å². The normalized spacial score (nSPS) is 17.6. The number of allylic oxidation sites excluding steroid dienone is 4. The van der Waals surface area contributed by atoms with Crippen LogP contribution in [0.1, 0.15) is 56.9 Å². The van der Waals surface area contributed by atoms with Gasteiger partial charge in [0.25, 0.3) is 5.91 Å². The Morgan fingerprint density at radius 2 is 1.63 bits per heavy atom. The quantitative estimate of drug-likeness (QED) is 0.379. The lowest BCUT2D eigenvalue weighted by atomic mass is 9.73. The van der Waals surface area contributed by atoms with Gasteiger partial charge in [-0.05, 0) is 84.3 Å². The second-order valence-corrected chi connectivity index (χ2v) is 10.5. The highest BCUT2D eigenvalue weighted by molar-refractivity contribution is 14.1. The maximum absolute atomic E-state index is 13.1. The highest BCUT2D eigenvalue weighted by atomic mass is 127. The van der Waals surface area contributed by atoms with Crippen molar-refractivity contribution in [2.24, 2.45) is 0 Å². The number of amides is 1. The van der Waals surface area contributed by atoms with Crippen LogP contribution < -0.4 is 14.8 Å². The molecule has 9 heteroatoms. The molecule has 0 aromatic heterocycles. The average molecular weight is 631 g/mol. The van der Waals surface area contributed by atoms with Gasteiger partial charge in [-0.1, -0.05) is 0 Å². The monoisotopic (exact) mass is 631 g/mol. The second-order valence-electron chi connectivity index (χ2n) is 9.37. The Kier molecular flexibility index (Phi) is 7.83.